The SMILES string of the molecule is Cn1ncc(C(=O)NC(CCO)C(=O)O)c1CNC(=O)OCC1c2ccccc2-c2ccccc21. The summed E-state index contributed by atoms with van der Waals surface area (Å²) >= 11 is 0. The topological polar surface area (TPSA) is 143 Å². The third-order valence-electron chi connectivity index (χ3n) is 6.07. The fraction of sp³-hybridized carbons (Fsp3) is 0.280. The van der Waals surface area contributed by atoms with Crippen molar-refractivity contribution in [3.63, 3.8) is 0 Å². The summed E-state index contributed by atoms with van der Waals surface area (Å²) < 4.78 is 6.94. The van der Waals surface area contributed by atoms with E-state index in [4.69, 9.17) is 9.84 Å². The van der Waals surface area contributed by atoms with E-state index in [1.165, 1.54) is 10.9 Å². The number of rotatable bonds is 9. The molecule has 1 aliphatic carbocycles. The van der Waals surface area contributed by atoms with Gasteiger partial charge in [-0.3, -0.25) is 9.48 Å². The summed E-state index contributed by atoms with van der Waals surface area (Å²) in [7, 11) is 1.61. The number of carboxylic acid groups (broad SMARTS) is 1. The van der Waals surface area contributed by atoms with Crippen molar-refractivity contribution < 1.29 is 29.3 Å². The number of fused-ring (bicyclic) bond motifs is 3. The van der Waals surface area contributed by atoms with Gasteiger partial charge in [-0.25, -0.2) is 9.59 Å². The van der Waals surface area contributed by atoms with Crippen LogP contribution >= 0.6 is 0 Å². The Morgan fingerprint density at radius 1 is 1.09 bits per heavy atom. The molecule has 10 heteroatoms. The van der Waals surface area contributed by atoms with Crippen LogP contribution in [-0.2, 0) is 23.1 Å². The van der Waals surface area contributed by atoms with Crippen LogP contribution in [-0.4, -0.2) is 57.2 Å². The Bertz CT molecular complexity index is 1210. The second-order valence-corrected chi connectivity index (χ2v) is 8.18. The lowest BCUT2D eigenvalue weighted by Gasteiger charge is -2.15. The van der Waals surface area contributed by atoms with E-state index in [1.807, 2.05) is 36.4 Å². The molecule has 4 N–H and O–H groups in total. The quantitative estimate of drug-likeness (QED) is 0.368. The van der Waals surface area contributed by atoms with Gasteiger partial charge in [0.2, 0.25) is 0 Å². The zero-order valence-corrected chi connectivity index (χ0v) is 19.1. The van der Waals surface area contributed by atoms with Crippen LogP contribution in [0.1, 0.15) is 39.5 Å². The minimum atomic E-state index is -1.25. The number of hydrogen-bond acceptors (Lipinski definition) is 6. The van der Waals surface area contributed by atoms with Gasteiger partial charge in [-0.2, -0.15) is 5.10 Å². The first-order chi connectivity index (χ1) is 16.9. The van der Waals surface area contributed by atoms with Crippen molar-refractivity contribution in [3.05, 3.63) is 77.1 Å². The molecule has 4 rings (SSSR count). The van der Waals surface area contributed by atoms with E-state index < -0.39 is 24.0 Å². The van der Waals surface area contributed by atoms with Gasteiger partial charge in [-0.05, 0) is 22.3 Å². The number of benzene rings is 2. The molecule has 35 heavy (non-hydrogen) atoms. The highest BCUT2D eigenvalue weighted by molar-refractivity contribution is 5.97. The van der Waals surface area contributed by atoms with Crippen molar-refractivity contribution in [1.82, 2.24) is 20.4 Å². The fourth-order valence-corrected chi connectivity index (χ4v) is 4.29. The van der Waals surface area contributed by atoms with Gasteiger partial charge >= 0.3 is 12.1 Å². The molecule has 1 heterocycles. The maximum atomic E-state index is 12.6. The summed E-state index contributed by atoms with van der Waals surface area (Å²) in [4.78, 5) is 36.4. The third-order valence-corrected chi connectivity index (χ3v) is 6.07. The van der Waals surface area contributed by atoms with Crippen LogP contribution < -0.4 is 10.6 Å². The number of carboxylic acids is 1. The predicted octanol–water partition coefficient (Wildman–Crippen LogP) is 2.02. The number of amides is 2. The summed E-state index contributed by atoms with van der Waals surface area (Å²) in [6.07, 6.45) is 0.513. The molecular formula is C25H26N4O6. The van der Waals surface area contributed by atoms with Crippen LogP contribution in [0.15, 0.2) is 54.7 Å². The van der Waals surface area contributed by atoms with Gasteiger partial charge in [0.15, 0.2) is 0 Å². The summed E-state index contributed by atoms with van der Waals surface area (Å²) in [5, 5.41) is 27.3. The first kappa shape index (κ1) is 24.0. The summed E-state index contributed by atoms with van der Waals surface area (Å²) in [6, 6.07) is 14.8. The van der Waals surface area contributed by atoms with Crippen molar-refractivity contribution in [2.45, 2.75) is 24.9 Å². The van der Waals surface area contributed by atoms with Crippen molar-refractivity contribution in [3.8, 4) is 11.1 Å². The number of alkyl carbamates (subject to hydrolysis) is 1. The smallest absolute Gasteiger partial charge is 0.407 e. The molecular weight excluding hydrogens is 452 g/mol. The molecule has 0 fully saturated rings. The standard InChI is InChI=1S/C25H26N4O6/c1-29-22(19(12-27-29)23(31)28-21(10-11-30)24(32)33)13-26-25(34)35-14-20-17-8-4-2-6-15(17)16-7-3-5-9-18(16)20/h2-9,12,20-21,30H,10-11,13-14H2,1H3,(H,26,34)(H,28,31)(H,32,33). The maximum Gasteiger partial charge on any atom is 0.407 e. The summed E-state index contributed by atoms with van der Waals surface area (Å²) in [5.41, 5.74) is 4.96. The molecule has 10 nitrogen and oxygen atoms in total. The molecule has 1 aromatic heterocycles. The van der Waals surface area contributed by atoms with Crippen LogP contribution in [0, 0.1) is 0 Å². The highest BCUT2D eigenvalue weighted by Gasteiger charge is 2.29. The Hall–Kier alpha value is -4.18. The normalized spacial score (nSPS) is 13.0. The van der Waals surface area contributed by atoms with E-state index in [1.54, 1.807) is 7.05 Å². The molecule has 182 valence electrons. The van der Waals surface area contributed by atoms with Gasteiger partial charge in [-0.1, -0.05) is 48.5 Å². The molecule has 0 radical (unpaired) electrons. The predicted molar refractivity (Wildman–Crippen MR) is 126 cm³/mol. The second-order valence-electron chi connectivity index (χ2n) is 8.18. The highest BCUT2D eigenvalue weighted by Crippen LogP contribution is 2.44. The van der Waals surface area contributed by atoms with Crippen molar-refractivity contribution in [2.24, 2.45) is 7.05 Å². The van der Waals surface area contributed by atoms with Gasteiger partial charge in [0, 0.05) is 26.0 Å². The fourth-order valence-electron chi connectivity index (χ4n) is 4.29. The first-order valence-electron chi connectivity index (χ1n) is 11.1. The van der Waals surface area contributed by atoms with E-state index in [2.05, 4.69) is 27.9 Å². The Morgan fingerprint density at radius 3 is 2.31 bits per heavy atom. The number of aliphatic carboxylic acids is 1. The van der Waals surface area contributed by atoms with Gasteiger partial charge in [-0.15, -0.1) is 0 Å². The monoisotopic (exact) mass is 478 g/mol. The largest absolute Gasteiger partial charge is 0.480 e. The lowest BCUT2D eigenvalue weighted by Crippen LogP contribution is -2.41. The van der Waals surface area contributed by atoms with E-state index in [0.29, 0.717) is 5.69 Å². The van der Waals surface area contributed by atoms with Crippen molar-refractivity contribution >= 4 is 18.0 Å². The Kier molecular flexibility index (Phi) is 7.11. The van der Waals surface area contributed by atoms with Crippen LogP contribution in [0.4, 0.5) is 4.79 Å². The van der Waals surface area contributed by atoms with Gasteiger partial charge in [0.05, 0.1) is 24.0 Å². The molecule has 3 aromatic rings. The minimum Gasteiger partial charge on any atom is -0.480 e. The molecule has 2 amide bonds. The number of nitrogens with one attached hydrogen (secondary N) is 2. The average molecular weight is 479 g/mol. The lowest BCUT2D eigenvalue weighted by atomic mass is 9.98. The number of aryl methyl sites for hydroxylation is 1. The Balaban J connectivity index is 1.38. The van der Waals surface area contributed by atoms with Crippen LogP contribution in [0.5, 0.6) is 0 Å². The van der Waals surface area contributed by atoms with Crippen LogP contribution in [0.25, 0.3) is 11.1 Å². The Morgan fingerprint density at radius 2 is 1.71 bits per heavy atom. The highest BCUT2D eigenvalue weighted by atomic mass is 16.5. The van der Waals surface area contributed by atoms with E-state index in [9.17, 15) is 19.5 Å². The Labute approximate surface area is 201 Å². The van der Waals surface area contributed by atoms with Gasteiger partial charge in [0.1, 0.15) is 12.6 Å². The number of aliphatic hydroxyl groups excluding tert-OH is 1. The molecule has 0 saturated heterocycles. The summed E-state index contributed by atoms with van der Waals surface area (Å²) in [6.45, 7) is -0.284. The molecule has 1 aliphatic rings. The number of aliphatic hydroxyl groups is 1. The lowest BCUT2D eigenvalue weighted by molar-refractivity contribution is -0.139. The van der Waals surface area contributed by atoms with Crippen molar-refractivity contribution in [1.29, 1.82) is 0 Å². The number of carbonyl (C=O) groups excluding carboxylic acids is 2. The maximum absolute atomic E-state index is 12.6. The number of nitrogens with zero attached hydrogens (tertiary/aromatic N) is 2. The van der Waals surface area contributed by atoms with Crippen LogP contribution in [0.2, 0.25) is 0 Å². The van der Waals surface area contributed by atoms with Gasteiger partial charge in [0.25, 0.3) is 5.91 Å². The van der Waals surface area contributed by atoms with E-state index >= 15 is 0 Å². The summed E-state index contributed by atoms with van der Waals surface area (Å²) in [5.74, 6) is -2.00. The third kappa shape index (κ3) is 5.02. The molecule has 1 atom stereocenters. The van der Waals surface area contributed by atoms with E-state index in [-0.39, 0.29) is 37.7 Å². The zero-order chi connectivity index (χ0) is 24.9. The van der Waals surface area contributed by atoms with Crippen LogP contribution in [0.3, 0.4) is 0 Å². The average Bonchev–Trinajstić information content (AvgIpc) is 3.38. The van der Waals surface area contributed by atoms with E-state index in [0.717, 1.165) is 22.3 Å². The molecule has 0 aliphatic heterocycles. The number of carbonyl (C=O) groups is 3. The minimum absolute atomic E-state index is 0.0480. The molecule has 2 aromatic carbocycles. The molecule has 0 bridgehead atoms. The van der Waals surface area contributed by atoms with Gasteiger partial charge < -0.3 is 25.6 Å². The molecule has 0 spiro atoms. The molecule has 1 unspecified atom stereocenters. The number of hydrogen-bond donors (Lipinski definition) is 4. The molecule has 0 saturated carbocycles. The van der Waals surface area contributed by atoms with Crippen molar-refractivity contribution in [2.75, 3.05) is 13.2 Å². The number of aromatic nitrogens is 2. The first-order valence-corrected chi connectivity index (χ1v) is 11.1. The zero-order valence-electron chi connectivity index (χ0n) is 19.1. The number of ether oxygens (including phenoxy) is 1. The second kappa shape index (κ2) is 10.4.